The zero-order chi connectivity index (χ0) is 15.6. The molecule has 1 aliphatic heterocycles. The molecule has 2 heterocycles. The van der Waals surface area contributed by atoms with Crippen LogP contribution in [-0.2, 0) is 17.3 Å². The van der Waals surface area contributed by atoms with Gasteiger partial charge in [0, 0.05) is 39.4 Å². The summed E-state index contributed by atoms with van der Waals surface area (Å²) in [6, 6.07) is 1.49. The highest BCUT2D eigenvalue weighted by molar-refractivity contribution is 7.87. The van der Waals surface area contributed by atoms with Crippen LogP contribution in [0.3, 0.4) is 0 Å². The number of hydrogen-bond donors (Lipinski definition) is 2. The standard InChI is InChI=1S/C12H19ClN4O3S/c1-14-21(19,20)15-10-3-5-17(6-4-10)12(18)11-7-9(13)8-16(11)2/h7-8,10,14-15H,3-6H2,1-2H3. The first-order valence-electron chi connectivity index (χ1n) is 6.64. The Bertz CT molecular complexity index is 620. The highest BCUT2D eigenvalue weighted by atomic mass is 35.5. The van der Waals surface area contributed by atoms with E-state index < -0.39 is 10.2 Å². The molecule has 1 aliphatic rings. The first-order chi connectivity index (χ1) is 9.82. The second-order valence-electron chi connectivity index (χ2n) is 5.05. The zero-order valence-electron chi connectivity index (χ0n) is 12.0. The molecule has 21 heavy (non-hydrogen) atoms. The number of aromatic nitrogens is 1. The largest absolute Gasteiger partial charge is 0.345 e. The van der Waals surface area contributed by atoms with Gasteiger partial charge in [-0.15, -0.1) is 0 Å². The van der Waals surface area contributed by atoms with Gasteiger partial charge in [-0.25, -0.2) is 4.72 Å². The lowest BCUT2D eigenvalue weighted by atomic mass is 10.1. The molecule has 0 bridgehead atoms. The van der Waals surface area contributed by atoms with Crippen LogP contribution in [0.15, 0.2) is 12.3 Å². The van der Waals surface area contributed by atoms with Gasteiger partial charge in [-0.3, -0.25) is 4.79 Å². The van der Waals surface area contributed by atoms with Crippen molar-refractivity contribution in [2.75, 3.05) is 20.1 Å². The summed E-state index contributed by atoms with van der Waals surface area (Å²) in [5.41, 5.74) is 0.536. The van der Waals surface area contributed by atoms with Gasteiger partial charge in [0.25, 0.3) is 16.1 Å². The number of nitrogens with zero attached hydrogens (tertiary/aromatic N) is 2. The van der Waals surface area contributed by atoms with Crippen molar-refractivity contribution >= 4 is 27.7 Å². The van der Waals surface area contributed by atoms with Crippen molar-refractivity contribution in [2.45, 2.75) is 18.9 Å². The van der Waals surface area contributed by atoms with Gasteiger partial charge in [0.15, 0.2) is 0 Å². The SMILES string of the molecule is CNS(=O)(=O)NC1CCN(C(=O)c2cc(Cl)cn2C)CC1. The number of halogens is 1. The van der Waals surface area contributed by atoms with Gasteiger partial charge < -0.3 is 9.47 Å². The van der Waals surface area contributed by atoms with Gasteiger partial charge in [-0.05, 0) is 18.9 Å². The van der Waals surface area contributed by atoms with Crippen LogP contribution in [0, 0.1) is 0 Å². The second kappa shape index (κ2) is 6.35. The molecule has 118 valence electrons. The molecule has 0 spiro atoms. The molecule has 1 saturated heterocycles. The van der Waals surface area contributed by atoms with Gasteiger partial charge in [0.05, 0.1) is 5.02 Å². The van der Waals surface area contributed by atoms with E-state index in [1.165, 1.54) is 7.05 Å². The van der Waals surface area contributed by atoms with Gasteiger partial charge in [0.1, 0.15) is 5.69 Å². The molecule has 0 aliphatic carbocycles. The monoisotopic (exact) mass is 334 g/mol. The minimum Gasteiger partial charge on any atom is -0.345 e. The topological polar surface area (TPSA) is 83.4 Å². The van der Waals surface area contributed by atoms with E-state index in [0.717, 1.165) is 0 Å². The number of carbonyl (C=O) groups is 1. The lowest BCUT2D eigenvalue weighted by Gasteiger charge is -2.32. The van der Waals surface area contributed by atoms with E-state index in [2.05, 4.69) is 9.44 Å². The van der Waals surface area contributed by atoms with Crippen molar-refractivity contribution in [2.24, 2.45) is 7.05 Å². The highest BCUT2D eigenvalue weighted by Crippen LogP contribution is 2.18. The normalized spacial score (nSPS) is 17.2. The number of likely N-dealkylation sites (tertiary alicyclic amines) is 1. The molecule has 2 N–H and O–H groups in total. The molecule has 0 radical (unpaired) electrons. The van der Waals surface area contributed by atoms with Crippen LogP contribution in [-0.4, -0.2) is 50.0 Å². The number of amides is 1. The summed E-state index contributed by atoms with van der Waals surface area (Å²) in [4.78, 5) is 14.1. The first kappa shape index (κ1) is 16.3. The molecule has 0 saturated carbocycles. The third kappa shape index (κ3) is 3.97. The van der Waals surface area contributed by atoms with Crippen LogP contribution in [0.2, 0.25) is 5.02 Å². The molecule has 0 aromatic carbocycles. The van der Waals surface area contributed by atoms with Gasteiger partial charge in [-0.2, -0.15) is 13.1 Å². The third-order valence-corrected chi connectivity index (χ3v) is 4.95. The van der Waals surface area contributed by atoms with Crippen molar-refractivity contribution in [1.29, 1.82) is 0 Å². The average molecular weight is 335 g/mol. The Morgan fingerprint density at radius 3 is 2.48 bits per heavy atom. The number of carbonyl (C=O) groups excluding carboxylic acids is 1. The maximum atomic E-state index is 12.4. The fourth-order valence-electron chi connectivity index (χ4n) is 2.38. The van der Waals surface area contributed by atoms with Crippen molar-refractivity contribution in [3.05, 3.63) is 23.0 Å². The number of nitrogens with one attached hydrogen (secondary N) is 2. The fraction of sp³-hybridized carbons (Fsp3) is 0.583. The summed E-state index contributed by atoms with van der Waals surface area (Å²) in [6.07, 6.45) is 2.86. The predicted octanol–water partition coefficient (Wildman–Crippen LogP) is 0.337. The minimum atomic E-state index is -3.44. The molecule has 1 amide bonds. The molecule has 1 fully saturated rings. The average Bonchev–Trinajstić information content (AvgIpc) is 2.77. The Morgan fingerprint density at radius 2 is 2.00 bits per heavy atom. The second-order valence-corrected chi connectivity index (χ2v) is 7.13. The molecular formula is C12H19ClN4O3S. The summed E-state index contributed by atoms with van der Waals surface area (Å²) >= 11 is 5.89. The molecule has 2 rings (SSSR count). The van der Waals surface area contributed by atoms with E-state index in [1.807, 2.05) is 0 Å². The highest BCUT2D eigenvalue weighted by Gasteiger charge is 2.27. The molecule has 1 aromatic heterocycles. The number of piperidine rings is 1. The van der Waals surface area contributed by atoms with Gasteiger partial charge in [0.2, 0.25) is 0 Å². The Labute approximate surface area is 129 Å². The molecule has 7 nitrogen and oxygen atoms in total. The summed E-state index contributed by atoms with van der Waals surface area (Å²) in [5.74, 6) is -0.0840. The first-order valence-corrected chi connectivity index (χ1v) is 8.50. The van der Waals surface area contributed by atoms with Crippen molar-refractivity contribution in [3.63, 3.8) is 0 Å². The van der Waals surface area contributed by atoms with E-state index >= 15 is 0 Å². The van der Waals surface area contributed by atoms with Crippen LogP contribution < -0.4 is 9.44 Å². The van der Waals surface area contributed by atoms with Gasteiger partial charge >= 0.3 is 0 Å². The summed E-state index contributed by atoms with van der Waals surface area (Å²) in [7, 11) is -0.305. The summed E-state index contributed by atoms with van der Waals surface area (Å²) in [5, 5.41) is 0.525. The molecular weight excluding hydrogens is 316 g/mol. The quantitative estimate of drug-likeness (QED) is 0.832. The van der Waals surface area contributed by atoms with Crippen LogP contribution in [0.1, 0.15) is 23.3 Å². The summed E-state index contributed by atoms with van der Waals surface area (Å²) in [6.45, 7) is 1.02. The molecule has 1 aromatic rings. The smallest absolute Gasteiger partial charge is 0.276 e. The lowest BCUT2D eigenvalue weighted by molar-refractivity contribution is 0.0701. The number of hydrogen-bond acceptors (Lipinski definition) is 3. The minimum absolute atomic E-state index is 0.0840. The maximum absolute atomic E-state index is 12.4. The molecule has 9 heteroatoms. The van der Waals surface area contributed by atoms with E-state index in [9.17, 15) is 13.2 Å². The lowest BCUT2D eigenvalue weighted by Crippen LogP contribution is -2.48. The van der Waals surface area contributed by atoms with Crippen molar-refractivity contribution in [1.82, 2.24) is 18.9 Å². The Morgan fingerprint density at radius 1 is 1.38 bits per heavy atom. The zero-order valence-corrected chi connectivity index (χ0v) is 13.5. The van der Waals surface area contributed by atoms with E-state index in [-0.39, 0.29) is 11.9 Å². The maximum Gasteiger partial charge on any atom is 0.276 e. The molecule has 0 unspecified atom stereocenters. The number of rotatable bonds is 4. The Kier molecular flexibility index (Phi) is 4.92. The number of aryl methyl sites for hydroxylation is 1. The summed E-state index contributed by atoms with van der Waals surface area (Å²) < 4.78 is 29.3. The van der Waals surface area contributed by atoms with E-state index in [0.29, 0.717) is 36.6 Å². The van der Waals surface area contributed by atoms with Crippen LogP contribution in [0.25, 0.3) is 0 Å². The van der Waals surface area contributed by atoms with Crippen LogP contribution in [0.5, 0.6) is 0 Å². The molecule has 0 atom stereocenters. The van der Waals surface area contributed by atoms with Crippen molar-refractivity contribution < 1.29 is 13.2 Å². The van der Waals surface area contributed by atoms with E-state index in [4.69, 9.17) is 11.6 Å². The van der Waals surface area contributed by atoms with Gasteiger partial charge in [-0.1, -0.05) is 11.6 Å². The fourth-order valence-corrected chi connectivity index (χ4v) is 3.42. The van der Waals surface area contributed by atoms with E-state index in [1.54, 1.807) is 28.8 Å². The van der Waals surface area contributed by atoms with Crippen LogP contribution in [0.4, 0.5) is 0 Å². The third-order valence-electron chi connectivity index (χ3n) is 3.56. The van der Waals surface area contributed by atoms with Crippen molar-refractivity contribution in [3.8, 4) is 0 Å². The Balaban J connectivity index is 1.95. The Hall–Kier alpha value is -1.09. The predicted molar refractivity (Wildman–Crippen MR) is 80.5 cm³/mol. The van der Waals surface area contributed by atoms with Crippen LogP contribution >= 0.6 is 11.6 Å².